The standard InChI is InChI=1S/C57H35NO/c1-2-13-36(14-3-1)37-25-28-42(29-26-37)58(43-30-27-40-34-47-45-32-38-15-4-5-16-39(38)33-46(45)48(47)35-41(40)31-43)53-22-12-21-52-56(53)44-17-6-7-18-49(44)57(52)50-19-8-10-23-54(50)59-55-24-11-9-20-51(55)57/h1-35H. The highest BCUT2D eigenvalue weighted by molar-refractivity contribution is 6.12. The third-order valence-electron chi connectivity index (χ3n) is 13.0. The second kappa shape index (κ2) is 12.2. The zero-order valence-electron chi connectivity index (χ0n) is 32.1. The van der Waals surface area contributed by atoms with E-state index in [9.17, 15) is 0 Å². The van der Waals surface area contributed by atoms with Crippen LogP contribution in [0.2, 0.25) is 0 Å². The van der Waals surface area contributed by atoms with Gasteiger partial charge < -0.3 is 9.64 Å². The maximum atomic E-state index is 6.65. The van der Waals surface area contributed by atoms with E-state index in [1.165, 1.54) is 77.2 Å². The Hall–Kier alpha value is -7.68. The Labute approximate surface area is 342 Å². The van der Waals surface area contributed by atoms with E-state index in [4.69, 9.17) is 4.74 Å². The summed E-state index contributed by atoms with van der Waals surface area (Å²) < 4.78 is 6.65. The maximum absolute atomic E-state index is 6.65. The van der Waals surface area contributed by atoms with Gasteiger partial charge in [-0.1, -0.05) is 146 Å². The van der Waals surface area contributed by atoms with Crippen LogP contribution in [0.4, 0.5) is 17.1 Å². The number of rotatable bonds is 4. The summed E-state index contributed by atoms with van der Waals surface area (Å²) >= 11 is 0. The Morgan fingerprint density at radius 1 is 0.322 bits per heavy atom. The van der Waals surface area contributed by atoms with Gasteiger partial charge in [0.05, 0.1) is 11.1 Å². The van der Waals surface area contributed by atoms with Crippen molar-refractivity contribution in [1.82, 2.24) is 0 Å². The smallest absolute Gasteiger partial charge is 0.132 e. The number of nitrogens with zero attached hydrogens (tertiary/aromatic N) is 1. The van der Waals surface area contributed by atoms with Gasteiger partial charge in [-0.3, -0.25) is 0 Å². The molecule has 13 rings (SSSR count). The Bertz CT molecular complexity index is 3320. The normalized spacial score (nSPS) is 13.4. The van der Waals surface area contributed by atoms with E-state index in [-0.39, 0.29) is 0 Å². The summed E-state index contributed by atoms with van der Waals surface area (Å²) in [4.78, 5) is 2.47. The van der Waals surface area contributed by atoms with Crippen molar-refractivity contribution in [2.75, 3.05) is 4.90 Å². The molecule has 1 spiro atoms. The summed E-state index contributed by atoms with van der Waals surface area (Å²) in [5.74, 6) is 1.79. The molecule has 2 aliphatic carbocycles. The number of fused-ring (bicyclic) bond motifs is 15. The van der Waals surface area contributed by atoms with Gasteiger partial charge in [0.2, 0.25) is 0 Å². The summed E-state index contributed by atoms with van der Waals surface area (Å²) in [7, 11) is 0. The fourth-order valence-electron chi connectivity index (χ4n) is 10.4. The van der Waals surface area contributed by atoms with Crippen molar-refractivity contribution >= 4 is 38.6 Å². The highest BCUT2D eigenvalue weighted by Crippen LogP contribution is 2.64. The van der Waals surface area contributed by atoms with Crippen LogP contribution in [-0.2, 0) is 5.41 Å². The quantitative estimate of drug-likeness (QED) is 0.178. The molecular formula is C57H35NO. The Kier molecular flexibility index (Phi) is 6.68. The number of hydrogen-bond acceptors (Lipinski definition) is 2. The highest BCUT2D eigenvalue weighted by Gasteiger charge is 2.51. The largest absolute Gasteiger partial charge is 0.457 e. The molecular weight excluding hydrogens is 715 g/mol. The summed E-state index contributed by atoms with van der Waals surface area (Å²) in [6.45, 7) is 0. The zero-order valence-corrected chi connectivity index (χ0v) is 32.1. The summed E-state index contributed by atoms with van der Waals surface area (Å²) in [5, 5.41) is 5.03. The monoisotopic (exact) mass is 749 g/mol. The molecule has 2 heteroatoms. The second-order valence-electron chi connectivity index (χ2n) is 16.0. The van der Waals surface area contributed by atoms with Gasteiger partial charge in [-0.05, 0) is 138 Å². The molecule has 0 unspecified atom stereocenters. The van der Waals surface area contributed by atoms with E-state index in [1.54, 1.807) is 0 Å². The molecule has 2 nitrogen and oxygen atoms in total. The van der Waals surface area contributed by atoms with Crippen molar-refractivity contribution in [3.63, 3.8) is 0 Å². The molecule has 0 atom stereocenters. The van der Waals surface area contributed by atoms with E-state index in [0.29, 0.717) is 0 Å². The van der Waals surface area contributed by atoms with E-state index >= 15 is 0 Å². The molecule has 0 amide bonds. The van der Waals surface area contributed by atoms with Crippen molar-refractivity contribution in [3.05, 3.63) is 235 Å². The first-order chi connectivity index (χ1) is 29.2. The molecule has 1 heterocycles. The minimum Gasteiger partial charge on any atom is -0.457 e. The number of para-hydroxylation sites is 2. The molecule has 59 heavy (non-hydrogen) atoms. The molecule has 0 saturated heterocycles. The predicted octanol–water partition coefficient (Wildman–Crippen LogP) is 15.2. The first-order valence-electron chi connectivity index (χ1n) is 20.4. The molecule has 0 fully saturated rings. The Morgan fingerprint density at radius 2 is 0.831 bits per heavy atom. The first kappa shape index (κ1) is 32.4. The lowest BCUT2D eigenvalue weighted by Crippen LogP contribution is -2.32. The van der Waals surface area contributed by atoms with Crippen LogP contribution in [0.1, 0.15) is 22.3 Å². The van der Waals surface area contributed by atoms with Gasteiger partial charge in [0.15, 0.2) is 0 Å². The first-order valence-corrected chi connectivity index (χ1v) is 20.4. The van der Waals surface area contributed by atoms with Crippen molar-refractivity contribution in [1.29, 1.82) is 0 Å². The third-order valence-corrected chi connectivity index (χ3v) is 13.0. The Balaban J connectivity index is 1.05. The molecule has 1 aliphatic heterocycles. The van der Waals surface area contributed by atoms with Crippen LogP contribution in [0.15, 0.2) is 212 Å². The van der Waals surface area contributed by atoms with E-state index < -0.39 is 5.41 Å². The van der Waals surface area contributed by atoms with Gasteiger partial charge in [-0.2, -0.15) is 0 Å². The van der Waals surface area contributed by atoms with E-state index in [0.717, 1.165) is 39.7 Å². The average molecular weight is 750 g/mol. The maximum Gasteiger partial charge on any atom is 0.132 e. The number of hydrogen-bond donors (Lipinski definition) is 0. The minimum atomic E-state index is -0.556. The zero-order chi connectivity index (χ0) is 38.7. The fraction of sp³-hybridized carbons (Fsp3) is 0.0175. The van der Waals surface area contributed by atoms with Gasteiger partial charge >= 0.3 is 0 Å². The van der Waals surface area contributed by atoms with Gasteiger partial charge in [-0.15, -0.1) is 0 Å². The molecule has 3 aliphatic rings. The van der Waals surface area contributed by atoms with Gasteiger partial charge in [-0.25, -0.2) is 0 Å². The van der Waals surface area contributed by atoms with Gasteiger partial charge in [0, 0.05) is 28.1 Å². The van der Waals surface area contributed by atoms with Crippen molar-refractivity contribution < 1.29 is 4.74 Å². The van der Waals surface area contributed by atoms with Crippen molar-refractivity contribution in [2.24, 2.45) is 0 Å². The molecule has 10 aromatic rings. The SMILES string of the molecule is c1ccc(-c2ccc(N(c3ccc4cc5c(cc4c3)-c3cc4ccccc4cc3-5)c3cccc4c3-c3ccccc3C43c4ccccc4Oc4ccccc43)cc2)cc1. The number of ether oxygens (including phenoxy) is 1. The molecule has 0 bridgehead atoms. The second-order valence-corrected chi connectivity index (χ2v) is 16.0. The minimum absolute atomic E-state index is 0.556. The molecule has 0 radical (unpaired) electrons. The molecule has 0 N–H and O–H groups in total. The molecule has 0 aromatic heterocycles. The number of benzene rings is 10. The highest BCUT2D eigenvalue weighted by atomic mass is 16.5. The van der Waals surface area contributed by atoms with Crippen LogP contribution >= 0.6 is 0 Å². The lowest BCUT2D eigenvalue weighted by molar-refractivity contribution is 0.436. The summed E-state index contributed by atoms with van der Waals surface area (Å²) in [6.07, 6.45) is 0. The van der Waals surface area contributed by atoms with Crippen molar-refractivity contribution in [3.8, 4) is 56.0 Å². The third kappa shape index (κ3) is 4.51. The van der Waals surface area contributed by atoms with Crippen LogP contribution in [0.5, 0.6) is 11.5 Å². The van der Waals surface area contributed by atoms with Crippen LogP contribution in [0.3, 0.4) is 0 Å². The average Bonchev–Trinajstić information content (AvgIpc) is 3.59. The summed E-state index contributed by atoms with van der Waals surface area (Å²) in [6, 6.07) is 77.9. The van der Waals surface area contributed by atoms with Crippen LogP contribution < -0.4 is 9.64 Å². The molecule has 0 saturated carbocycles. The predicted molar refractivity (Wildman–Crippen MR) is 243 cm³/mol. The van der Waals surface area contributed by atoms with E-state index in [2.05, 4.69) is 217 Å². The molecule has 274 valence electrons. The lowest BCUT2D eigenvalue weighted by Gasteiger charge is -2.39. The Morgan fingerprint density at radius 3 is 1.51 bits per heavy atom. The van der Waals surface area contributed by atoms with Crippen molar-refractivity contribution in [2.45, 2.75) is 5.41 Å². The van der Waals surface area contributed by atoms with Gasteiger partial charge in [0.25, 0.3) is 0 Å². The van der Waals surface area contributed by atoms with E-state index in [1.807, 2.05) is 0 Å². The van der Waals surface area contributed by atoms with Gasteiger partial charge in [0.1, 0.15) is 11.5 Å². The van der Waals surface area contributed by atoms with Crippen LogP contribution in [0, 0.1) is 0 Å². The lowest BCUT2D eigenvalue weighted by atomic mass is 9.66. The number of anilines is 3. The van der Waals surface area contributed by atoms with Crippen LogP contribution in [-0.4, -0.2) is 0 Å². The molecule has 10 aromatic carbocycles. The fourth-order valence-corrected chi connectivity index (χ4v) is 10.4. The topological polar surface area (TPSA) is 12.5 Å². The van der Waals surface area contributed by atoms with Crippen LogP contribution in [0.25, 0.3) is 66.1 Å². The summed E-state index contributed by atoms with van der Waals surface area (Å²) in [5.41, 5.74) is 17.9.